The molecule has 3 nitrogen and oxygen atoms in total. The number of hydrogen-bond donors (Lipinski definition) is 2. The first-order chi connectivity index (χ1) is 9.08. The number of nitrogens with one attached hydrogen (secondary N) is 2. The minimum atomic E-state index is -0.354. The van der Waals surface area contributed by atoms with Crippen LogP contribution in [0.3, 0.4) is 0 Å². The zero-order valence-electron chi connectivity index (χ0n) is 11.7. The number of benzene rings is 1. The van der Waals surface area contributed by atoms with Gasteiger partial charge in [0.05, 0.1) is 0 Å². The van der Waals surface area contributed by atoms with E-state index in [1.807, 2.05) is 51.1 Å². The minimum absolute atomic E-state index is 0.00377. The van der Waals surface area contributed by atoms with Crippen molar-refractivity contribution in [3.05, 3.63) is 59.2 Å². The van der Waals surface area contributed by atoms with Gasteiger partial charge in [-0.15, -0.1) is 0 Å². The first-order valence-corrected chi connectivity index (χ1v) is 6.30. The van der Waals surface area contributed by atoms with Crippen molar-refractivity contribution >= 4 is 11.6 Å². The van der Waals surface area contributed by atoms with Crippen LogP contribution in [0.25, 0.3) is 0 Å². The van der Waals surface area contributed by atoms with Crippen LogP contribution in [-0.4, -0.2) is 18.2 Å². The molecule has 0 heterocycles. The molecule has 19 heavy (non-hydrogen) atoms. The molecule has 1 aromatic rings. The summed E-state index contributed by atoms with van der Waals surface area (Å²) in [5.41, 5.74) is 2.76. The third-order valence-electron chi connectivity index (χ3n) is 2.77. The maximum Gasteiger partial charge on any atom is 0.270 e. The van der Waals surface area contributed by atoms with E-state index in [-0.39, 0.29) is 11.6 Å². The van der Waals surface area contributed by atoms with Gasteiger partial charge in [-0.1, -0.05) is 48.1 Å². The molecule has 1 aromatic carbocycles. The average Bonchev–Trinajstić information content (AvgIpc) is 2.43. The van der Waals surface area contributed by atoms with Crippen LogP contribution in [0.5, 0.6) is 0 Å². The van der Waals surface area contributed by atoms with E-state index >= 15 is 0 Å². The Kier molecular flexibility index (Phi) is 5.73. The van der Waals surface area contributed by atoms with E-state index in [1.165, 1.54) is 0 Å². The van der Waals surface area contributed by atoms with E-state index in [0.717, 1.165) is 11.1 Å². The molecule has 0 radical (unpaired) electrons. The van der Waals surface area contributed by atoms with E-state index in [4.69, 9.17) is 5.41 Å². The minimum Gasteiger partial charge on any atom is -0.347 e. The molecule has 1 rings (SSSR count). The Labute approximate surface area is 114 Å². The summed E-state index contributed by atoms with van der Waals surface area (Å²) in [6, 6.07) is 7.38. The predicted molar refractivity (Wildman–Crippen MR) is 79.6 cm³/mol. The third kappa shape index (κ3) is 4.54. The molecule has 0 spiro atoms. The zero-order valence-corrected chi connectivity index (χ0v) is 11.7. The van der Waals surface area contributed by atoms with Crippen molar-refractivity contribution in [3.63, 3.8) is 0 Å². The number of carbonyl (C=O) groups is 1. The Morgan fingerprint density at radius 1 is 1.26 bits per heavy atom. The van der Waals surface area contributed by atoms with Gasteiger partial charge in [0, 0.05) is 12.1 Å². The van der Waals surface area contributed by atoms with Crippen molar-refractivity contribution in [1.29, 1.82) is 5.41 Å². The number of aryl methyl sites for hydroxylation is 1. The molecule has 1 amide bonds. The first kappa shape index (κ1) is 14.9. The zero-order chi connectivity index (χ0) is 14.3. The summed E-state index contributed by atoms with van der Waals surface area (Å²) in [7, 11) is 0. The van der Waals surface area contributed by atoms with E-state index in [9.17, 15) is 4.79 Å². The van der Waals surface area contributed by atoms with Crippen molar-refractivity contribution in [3.8, 4) is 0 Å². The third-order valence-corrected chi connectivity index (χ3v) is 2.77. The maximum atomic E-state index is 11.9. The molecular weight excluding hydrogens is 236 g/mol. The van der Waals surface area contributed by atoms with Gasteiger partial charge >= 0.3 is 0 Å². The van der Waals surface area contributed by atoms with Crippen LogP contribution < -0.4 is 5.32 Å². The molecule has 2 N–H and O–H groups in total. The molecule has 3 heteroatoms. The van der Waals surface area contributed by atoms with Gasteiger partial charge in [0.1, 0.15) is 5.71 Å². The molecule has 0 aromatic heterocycles. The van der Waals surface area contributed by atoms with Crippen LogP contribution in [0.4, 0.5) is 0 Å². The summed E-state index contributed by atoms with van der Waals surface area (Å²) in [5, 5.41) is 10.6. The number of carbonyl (C=O) groups excluding carboxylic acids is 1. The van der Waals surface area contributed by atoms with Crippen LogP contribution in [-0.2, 0) is 4.79 Å². The fraction of sp³-hybridized carbons (Fsp3) is 0.250. The van der Waals surface area contributed by atoms with Crippen molar-refractivity contribution in [2.75, 3.05) is 6.54 Å². The molecule has 0 saturated heterocycles. The van der Waals surface area contributed by atoms with Crippen LogP contribution in [0.1, 0.15) is 25.0 Å². The smallest absolute Gasteiger partial charge is 0.270 e. The lowest BCUT2D eigenvalue weighted by atomic mass is 10.1. The monoisotopic (exact) mass is 256 g/mol. The summed E-state index contributed by atoms with van der Waals surface area (Å²) in [5.74, 6) is -0.354. The van der Waals surface area contributed by atoms with Gasteiger partial charge in [0.15, 0.2) is 0 Å². The van der Waals surface area contributed by atoms with Gasteiger partial charge in [0.25, 0.3) is 5.91 Å². The first-order valence-electron chi connectivity index (χ1n) is 6.30. The van der Waals surface area contributed by atoms with Crippen LogP contribution in [0, 0.1) is 12.3 Å². The Morgan fingerprint density at radius 2 is 1.89 bits per heavy atom. The van der Waals surface area contributed by atoms with Crippen molar-refractivity contribution in [1.82, 2.24) is 5.32 Å². The van der Waals surface area contributed by atoms with Crippen molar-refractivity contribution in [2.24, 2.45) is 0 Å². The lowest BCUT2D eigenvalue weighted by molar-refractivity contribution is -0.114. The van der Waals surface area contributed by atoms with E-state index in [1.54, 1.807) is 12.1 Å². The molecule has 0 aliphatic heterocycles. The summed E-state index contributed by atoms with van der Waals surface area (Å²) >= 11 is 0. The number of hydrogen-bond acceptors (Lipinski definition) is 2. The van der Waals surface area contributed by atoms with Gasteiger partial charge in [-0.3, -0.25) is 10.2 Å². The molecule has 0 saturated carbocycles. The average molecular weight is 256 g/mol. The summed E-state index contributed by atoms with van der Waals surface area (Å²) in [6.45, 7) is 6.27. The van der Waals surface area contributed by atoms with Crippen molar-refractivity contribution in [2.45, 2.75) is 20.8 Å². The Morgan fingerprint density at radius 3 is 2.42 bits per heavy atom. The maximum absolute atomic E-state index is 11.9. The molecule has 0 fully saturated rings. The van der Waals surface area contributed by atoms with E-state index in [2.05, 4.69) is 5.32 Å². The quantitative estimate of drug-likeness (QED) is 0.617. The standard InChI is InChI=1S/C16H20N2O/c1-4-6-13(5-2)11-18-16(19)15(17)14-9-7-12(3)8-10-14/h4-10,17H,11H2,1-3H3,(H,18,19)/b6-4-,13-5+,17-15?. The molecule has 0 aliphatic carbocycles. The molecule has 0 aliphatic rings. The van der Waals surface area contributed by atoms with E-state index < -0.39 is 0 Å². The molecule has 0 unspecified atom stereocenters. The molecule has 0 bridgehead atoms. The fourth-order valence-electron chi connectivity index (χ4n) is 1.59. The van der Waals surface area contributed by atoms with Gasteiger partial charge in [-0.25, -0.2) is 0 Å². The largest absolute Gasteiger partial charge is 0.347 e. The highest BCUT2D eigenvalue weighted by Gasteiger charge is 2.11. The Balaban J connectivity index is 2.63. The molecule has 0 atom stereocenters. The van der Waals surface area contributed by atoms with Crippen LogP contribution in [0.15, 0.2) is 48.1 Å². The molecule has 100 valence electrons. The van der Waals surface area contributed by atoms with Gasteiger partial charge < -0.3 is 5.32 Å². The summed E-state index contributed by atoms with van der Waals surface area (Å²) in [4.78, 5) is 11.9. The van der Waals surface area contributed by atoms with Gasteiger partial charge in [-0.2, -0.15) is 0 Å². The lowest BCUT2D eigenvalue weighted by Crippen LogP contribution is -2.32. The second-order valence-corrected chi connectivity index (χ2v) is 4.29. The Hall–Kier alpha value is -2.16. The second kappa shape index (κ2) is 7.31. The summed E-state index contributed by atoms with van der Waals surface area (Å²) in [6.07, 6.45) is 5.80. The van der Waals surface area contributed by atoms with Crippen LogP contribution >= 0.6 is 0 Å². The van der Waals surface area contributed by atoms with Gasteiger partial charge in [-0.05, 0) is 26.3 Å². The number of amides is 1. The van der Waals surface area contributed by atoms with E-state index in [0.29, 0.717) is 12.1 Å². The number of rotatable bonds is 5. The van der Waals surface area contributed by atoms with Crippen LogP contribution in [0.2, 0.25) is 0 Å². The predicted octanol–water partition coefficient (Wildman–Crippen LogP) is 3.00. The SMILES string of the molecule is C/C=C\C(=C/C)CNC(=O)C(=N)c1ccc(C)cc1. The topological polar surface area (TPSA) is 53.0 Å². The van der Waals surface area contributed by atoms with Gasteiger partial charge in [0.2, 0.25) is 0 Å². The molecular formula is C16H20N2O. The van der Waals surface area contributed by atoms with Crippen molar-refractivity contribution < 1.29 is 4.79 Å². The normalized spacial score (nSPS) is 11.6. The highest BCUT2D eigenvalue weighted by Crippen LogP contribution is 2.04. The highest BCUT2D eigenvalue weighted by molar-refractivity contribution is 6.44. The number of allylic oxidation sites excluding steroid dienone is 2. The second-order valence-electron chi connectivity index (χ2n) is 4.29. The Bertz CT molecular complexity index is 510. The highest BCUT2D eigenvalue weighted by atomic mass is 16.1. The summed E-state index contributed by atoms with van der Waals surface area (Å²) < 4.78 is 0. The fourth-order valence-corrected chi connectivity index (χ4v) is 1.59. The lowest BCUT2D eigenvalue weighted by Gasteiger charge is -2.07.